The van der Waals surface area contributed by atoms with E-state index >= 15 is 0 Å². The van der Waals surface area contributed by atoms with Gasteiger partial charge in [0.05, 0.1) is 5.56 Å². The van der Waals surface area contributed by atoms with Crippen molar-refractivity contribution in [2.45, 2.75) is 58.5 Å². The number of aryl methyl sites for hydroxylation is 2. The van der Waals surface area contributed by atoms with E-state index in [1.165, 1.54) is 18.3 Å². The number of nitrogens with zero attached hydrogens (tertiary/aromatic N) is 1. The molecule has 30 heavy (non-hydrogen) atoms. The van der Waals surface area contributed by atoms with Crippen molar-refractivity contribution in [2.24, 2.45) is 0 Å². The molecule has 1 N–H and O–H groups in total. The third-order valence-electron chi connectivity index (χ3n) is 5.67. The van der Waals surface area contributed by atoms with Crippen LogP contribution in [0.5, 0.6) is 0 Å². The predicted molar refractivity (Wildman–Crippen MR) is 117 cm³/mol. The zero-order valence-corrected chi connectivity index (χ0v) is 18.1. The van der Waals surface area contributed by atoms with E-state index in [2.05, 4.69) is 5.32 Å². The average molecular weight is 427 g/mol. The van der Waals surface area contributed by atoms with Crippen molar-refractivity contribution in [1.82, 2.24) is 0 Å². The van der Waals surface area contributed by atoms with Gasteiger partial charge in [-0.05, 0) is 62.6 Å². The van der Waals surface area contributed by atoms with Crippen LogP contribution in [-0.2, 0) is 33.6 Å². The van der Waals surface area contributed by atoms with Gasteiger partial charge in [-0.2, -0.15) is 0 Å². The van der Waals surface area contributed by atoms with E-state index in [-0.39, 0.29) is 11.8 Å². The SMILES string of the molecule is CC(=O)Nc1sc2c(c1C(=O)OC(C)C(=O)N1CCCc3ccccc31)CCCC2. The number of rotatable bonds is 4. The van der Waals surface area contributed by atoms with Crippen LogP contribution in [0.4, 0.5) is 10.7 Å². The van der Waals surface area contributed by atoms with Crippen LogP contribution in [0.2, 0.25) is 0 Å². The second-order valence-electron chi connectivity index (χ2n) is 7.87. The standard InChI is InChI=1S/C23H26N2O4S/c1-14(22(27)25-13-7-9-16-8-3-5-11-18(16)25)29-23(28)20-17-10-4-6-12-19(17)30-21(20)24-15(2)26/h3,5,8,11,14H,4,6-7,9-10,12-13H2,1-2H3,(H,24,26). The summed E-state index contributed by atoms with van der Waals surface area (Å²) in [5.74, 6) is -0.985. The minimum absolute atomic E-state index is 0.222. The zero-order chi connectivity index (χ0) is 21.3. The zero-order valence-electron chi connectivity index (χ0n) is 17.3. The van der Waals surface area contributed by atoms with Gasteiger partial charge in [-0.25, -0.2) is 4.79 Å². The molecule has 0 radical (unpaired) electrons. The fraction of sp³-hybridized carbons (Fsp3) is 0.435. The highest BCUT2D eigenvalue weighted by atomic mass is 32.1. The molecule has 158 valence electrons. The third-order valence-corrected chi connectivity index (χ3v) is 6.88. The Labute approximate surface area is 180 Å². The van der Waals surface area contributed by atoms with Gasteiger partial charge in [-0.15, -0.1) is 11.3 Å². The number of esters is 1. The molecule has 1 aromatic carbocycles. The van der Waals surface area contributed by atoms with Gasteiger partial charge in [0.25, 0.3) is 5.91 Å². The molecule has 0 saturated carbocycles. The summed E-state index contributed by atoms with van der Waals surface area (Å²) < 4.78 is 5.64. The Morgan fingerprint density at radius 3 is 2.67 bits per heavy atom. The van der Waals surface area contributed by atoms with Gasteiger partial charge in [-0.1, -0.05) is 18.2 Å². The molecule has 1 aliphatic heterocycles. The van der Waals surface area contributed by atoms with Crippen LogP contribution < -0.4 is 10.2 Å². The molecule has 2 aliphatic rings. The molecular formula is C23H26N2O4S. The maximum atomic E-state index is 13.1. The number of benzene rings is 1. The molecule has 0 spiro atoms. The molecule has 1 unspecified atom stereocenters. The smallest absolute Gasteiger partial charge is 0.342 e. The molecule has 0 saturated heterocycles. The summed E-state index contributed by atoms with van der Waals surface area (Å²) in [4.78, 5) is 40.7. The molecule has 4 rings (SSSR count). The van der Waals surface area contributed by atoms with Crippen molar-refractivity contribution in [3.63, 3.8) is 0 Å². The first kappa shape index (κ1) is 20.6. The van der Waals surface area contributed by atoms with Crippen molar-refractivity contribution >= 4 is 39.8 Å². The lowest BCUT2D eigenvalue weighted by Crippen LogP contribution is -2.42. The monoisotopic (exact) mass is 426 g/mol. The minimum atomic E-state index is -0.909. The van der Waals surface area contributed by atoms with Crippen LogP contribution in [0, 0.1) is 0 Å². The summed E-state index contributed by atoms with van der Waals surface area (Å²) >= 11 is 1.44. The van der Waals surface area contributed by atoms with Gasteiger partial charge < -0.3 is 15.0 Å². The van der Waals surface area contributed by atoms with Crippen molar-refractivity contribution in [1.29, 1.82) is 0 Å². The van der Waals surface area contributed by atoms with E-state index in [4.69, 9.17) is 4.74 Å². The van der Waals surface area contributed by atoms with Gasteiger partial charge >= 0.3 is 5.97 Å². The number of nitrogens with one attached hydrogen (secondary N) is 1. The maximum absolute atomic E-state index is 13.1. The number of anilines is 2. The number of para-hydroxylation sites is 1. The molecule has 0 bridgehead atoms. The Kier molecular flexibility index (Phi) is 5.90. The normalized spacial score (nSPS) is 16.3. The van der Waals surface area contributed by atoms with Crippen LogP contribution in [0.25, 0.3) is 0 Å². The van der Waals surface area contributed by atoms with Crippen molar-refractivity contribution in [2.75, 3.05) is 16.8 Å². The summed E-state index contributed by atoms with van der Waals surface area (Å²) in [6.07, 6.45) is 4.68. The molecule has 0 fully saturated rings. The number of fused-ring (bicyclic) bond motifs is 2. The first-order valence-corrected chi connectivity index (χ1v) is 11.3. The molecular weight excluding hydrogens is 400 g/mol. The highest BCUT2D eigenvalue weighted by Gasteiger charge is 2.32. The van der Waals surface area contributed by atoms with Gasteiger partial charge in [0, 0.05) is 24.0 Å². The first-order chi connectivity index (χ1) is 14.5. The Hall–Kier alpha value is -2.67. The average Bonchev–Trinajstić information content (AvgIpc) is 3.09. The van der Waals surface area contributed by atoms with E-state index in [1.807, 2.05) is 24.3 Å². The first-order valence-electron chi connectivity index (χ1n) is 10.5. The molecule has 2 amide bonds. The van der Waals surface area contributed by atoms with Crippen LogP contribution in [-0.4, -0.2) is 30.4 Å². The molecule has 2 aromatic rings. The highest BCUT2D eigenvalue weighted by molar-refractivity contribution is 7.17. The second kappa shape index (κ2) is 8.60. The Balaban J connectivity index is 1.55. The molecule has 6 nitrogen and oxygen atoms in total. The minimum Gasteiger partial charge on any atom is -0.449 e. The number of thiophene rings is 1. The molecule has 2 heterocycles. The number of carbonyl (C=O) groups excluding carboxylic acids is 3. The van der Waals surface area contributed by atoms with E-state index < -0.39 is 12.1 Å². The van der Waals surface area contributed by atoms with Gasteiger partial charge in [0.1, 0.15) is 5.00 Å². The number of hydrogen-bond acceptors (Lipinski definition) is 5. The van der Waals surface area contributed by atoms with Crippen molar-refractivity contribution in [3.05, 3.63) is 45.8 Å². The quantitative estimate of drug-likeness (QED) is 0.747. The van der Waals surface area contributed by atoms with Crippen molar-refractivity contribution in [3.8, 4) is 0 Å². The fourth-order valence-electron chi connectivity index (χ4n) is 4.28. The highest BCUT2D eigenvalue weighted by Crippen LogP contribution is 2.39. The topological polar surface area (TPSA) is 75.7 Å². The van der Waals surface area contributed by atoms with E-state index in [1.54, 1.807) is 11.8 Å². The Morgan fingerprint density at radius 2 is 1.87 bits per heavy atom. The van der Waals surface area contributed by atoms with Gasteiger partial charge in [0.15, 0.2) is 6.10 Å². The lowest BCUT2D eigenvalue weighted by atomic mass is 9.95. The van der Waals surface area contributed by atoms with Gasteiger partial charge in [0.2, 0.25) is 5.91 Å². The summed E-state index contributed by atoms with van der Waals surface area (Å²) in [5, 5.41) is 3.30. The number of ether oxygens (including phenoxy) is 1. The number of carbonyl (C=O) groups is 3. The number of amides is 2. The van der Waals surface area contributed by atoms with Crippen LogP contribution in [0.15, 0.2) is 24.3 Å². The van der Waals surface area contributed by atoms with Crippen LogP contribution in [0.3, 0.4) is 0 Å². The Bertz CT molecular complexity index is 997. The fourth-order valence-corrected chi connectivity index (χ4v) is 5.61. The van der Waals surface area contributed by atoms with Gasteiger partial charge in [-0.3, -0.25) is 9.59 Å². The summed E-state index contributed by atoms with van der Waals surface area (Å²) in [6.45, 7) is 3.66. The summed E-state index contributed by atoms with van der Waals surface area (Å²) in [7, 11) is 0. The van der Waals surface area contributed by atoms with Crippen LogP contribution in [0.1, 0.15) is 59.5 Å². The van der Waals surface area contributed by atoms with E-state index in [9.17, 15) is 14.4 Å². The molecule has 7 heteroatoms. The van der Waals surface area contributed by atoms with E-state index in [0.29, 0.717) is 17.1 Å². The second-order valence-corrected chi connectivity index (χ2v) is 8.97. The molecule has 1 aromatic heterocycles. The van der Waals surface area contributed by atoms with E-state index in [0.717, 1.165) is 60.2 Å². The predicted octanol–water partition coefficient (Wildman–Crippen LogP) is 4.11. The largest absolute Gasteiger partial charge is 0.449 e. The Morgan fingerprint density at radius 1 is 1.10 bits per heavy atom. The maximum Gasteiger partial charge on any atom is 0.342 e. The molecule has 1 aliphatic carbocycles. The molecule has 1 atom stereocenters. The summed E-state index contributed by atoms with van der Waals surface area (Å²) in [5.41, 5.74) is 3.41. The lowest BCUT2D eigenvalue weighted by Gasteiger charge is -2.31. The summed E-state index contributed by atoms with van der Waals surface area (Å²) in [6, 6.07) is 7.85. The number of hydrogen-bond donors (Lipinski definition) is 1. The van der Waals surface area contributed by atoms with Crippen LogP contribution >= 0.6 is 11.3 Å². The van der Waals surface area contributed by atoms with Crippen molar-refractivity contribution < 1.29 is 19.1 Å². The lowest BCUT2D eigenvalue weighted by molar-refractivity contribution is -0.126. The third kappa shape index (κ3) is 3.99.